The number of fused-ring (bicyclic) bond motifs is 1. The maximum Gasteiger partial charge on any atom is 0.158 e. The van der Waals surface area contributed by atoms with Crippen LogP contribution in [-0.2, 0) is 10.2 Å². The van der Waals surface area contributed by atoms with Gasteiger partial charge in [0.05, 0.1) is 18.3 Å². The molecule has 0 amide bonds. The molecule has 4 aromatic heterocycles. The fourth-order valence-corrected chi connectivity index (χ4v) is 4.77. The molecule has 2 N–H and O–H groups in total. The van der Waals surface area contributed by atoms with E-state index in [1.54, 1.807) is 6.20 Å². The van der Waals surface area contributed by atoms with E-state index >= 15 is 0 Å². The van der Waals surface area contributed by atoms with Gasteiger partial charge in [-0.1, -0.05) is 32.4 Å². The lowest BCUT2D eigenvalue weighted by atomic mass is 9.86. The van der Waals surface area contributed by atoms with Gasteiger partial charge in [0.25, 0.3) is 0 Å². The Morgan fingerprint density at radius 1 is 1.22 bits per heavy atom. The zero-order valence-corrected chi connectivity index (χ0v) is 22.6. The summed E-state index contributed by atoms with van der Waals surface area (Å²) >= 11 is 6.32. The zero-order valence-electron chi connectivity index (χ0n) is 21.8. The Morgan fingerprint density at radius 3 is 2.78 bits per heavy atom. The number of hydrogen-bond acceptors (Lipinski definition) is 8. The summed E-state index contributed by atoms with van der Waals surface area (Å²) in [6.07, 6.45) is 3.62. The molecule has 0 aliphatic carbocycles. The first-order chi connectivity index (χ1) is 17.7. The van der Waals surface area contributed by atoms with Crippen LogP contribution in [-0.4, -0.2) is 57.0 Å². The van der Waals surface area contributed by atoms with Crippen LogP contribution >= 0.6 is 11.6 Å². The first kappa shape index (κ1) is 25.4. The topological polar surface area (TPSA) is 98.5 Å². The van der Waals surface area contributed by atoms with E-state index in [4.69, 9.17) is 26.2 Å². The van der Waals surface area contributed by atoms with Crippen molar-refractivity contribution < 1.29 is 9.47 Å². The van der Waals surface area contributed by atoms with Gasteiger partial charge in [-0.2, -0.15) is 0 Å². The molecule has 5 rings (SSSR count). The van der Waals surface area contributed by atoms with Gasteiger partial charge in [-0.25, -0.2) is 19.5 Å². The standard InChI is InChI=1S/C27H32ClN7O2/c1-16-10-24(32-17(2)31-16)33-26-25(27(3,4)5)21-11-18(6-8-35(21)34-26)20-12-23(28)30-14-22(20)37-15-19-13-29-7-9-36-19/h6,8,10-12,14,19,29H,7,9,13,15H2,1-5H3,(H,31,32,33,34)/t19-/m0/s1. The van der Waals surface area contributed by atoms with Crippen molar-refractivity contribution in [1.29, 1.82) is 0 Å². The van der Waals surface area contributed by atoms with Crippen LogP contribution in [0.25, 0.3) is 16.6 Å². The Bertz CT molecular complexity index is 1400. The maximum atomic E-state index is 6.32. The minimum absolute atomic E-state index is 0.00946. The van der Waals surface area contributed by atoms with Gasteiger partial charge < -0.3 is 20.1 Å². The summed E-state index contributed by atoms with van der Waals surface area (Å²) in [4.78, 5) is 13.2. The van der Waals surface area contributed by atoms with E-state index < -0.39 is 0 Å². The Labute approximate surface area is 221 Å². The zero-order chi connectivity index (χ0) is 26.2. The Hall–Kier alpha value is -3.27. The molecule has 9 nitrogen and oxygen atoms in total. The van der Waals surface area contributed by atoms with Crippen LogP contribution in [0.15, 0.2) is 36.7 Å². The molecule has 1 saturated heterocycles. The molecule has 37 heavy (non-hydrogen) atoms. The number of morpholine rings is 1. The SMILES string of the molecule is Cc1cc(Nc2nn3ccc(-c4cc(Cl)ncc4OC[C@@H]4CNCCO4)cc3c2C(C)(C)C)nc(C)n1. The lowest BCUT2D eigenvalue weighted by molar-refractivity contribution is 0.000249. The van der Waals surface area contributed by atoms with E-state index in [0.29, 0.717) is 29.9 Å². The maximum absolute atomic E-state index is 6.32. The lowest BCUT2D eigenvalue weighted by Gasteiger charge is -2.24. The summed E-state index contributed by atoms with van der Waals surface area (Å²) in [6, 6.07) is 7.88. The molecule has 0 aromatic carbocycles. The number of aryl methyl sites for hydroxylation is 2. The number of pyridine rings is 2. The number of ether oxygens (including phenoxy) is 2. The number of halogens is 1. The second-order valence-electron chi connectivity index (χ2n) is 10.3. The molecule has 1 fully saturated rings. The smallest absolute Gasteiger partial charge is 0.158 e. The third-order valence-electron chi connectivity index (χ3n) is 6.17. The monoisotopic (exact) mass is 521 g/mol. The highest BCUT2D eigenvalue weighted by Crippen LogP contribution is 2.38. The summed E-state index contributed by atoms with van der Waals surface area (Å²) < 4.78 is 13.8. The van der Waals surface area contributed by atoms with Crippen molar-refractivity contribution in [2.45, 2.75) is 46.1 Å². The van der Waals surface area contributed by atoms with Crippen molar-refractivity contribution in [3.8, 4) is 16.9 Å². The van der Waals surface area contributed by atoms with Crippen LogP contribution in [0.5, 0.6) is 5.75 Å². The van der Waals surface area contributed by atoms with Crippen molar-refractivity contribution in [2.75, 3.05) is 31.6 Å². The molecule has 194 valence electrons. The normalized spacial score (nSPS) is 16.2. The summed E-state index contributed by atoms with van der Waals surface area (Å²) in [5.41, 5.74) is 4.58. The fraction of sp³-hybridized carbons (Fsp3) is 0.407. The molecule has 4 aromatic rings. The number of hydrogen-bond donors (Lipinski definition) is 2. The summed E-state index contributed by atoms with van der Waals surface area (Å²) in [5, 5.41) is 12.0. The van der Waals surface area contributed by atoms with E-state index in [2.05, 4.69) is 52.4 Å². The van der Waals surface area contributed by atoms with Gasteiger partial charge in [0, 0.05) is 42.2 Å². The summed E-state index contributed by atoms with van der Waals surface area (Å²) in [6.45, 7) is 13.1. The summed E-state index contributed by atoms with van der Waals surface area (Å²) in [5.74, 6) is 2.84. The third-order valence-corrected chi connectivity index (χ3v) is 6.38. The Kier molecular flexibility index (Phi) is 7.02. The first-order valence-electron chi connectivity index (χ1n) is 12.4. The molecular weight excluding hydrogens is 490 g/mol. The first-order valence-corrected chi connectivity index (χ1v) is 12.8. The van der Waals surface area contributed by atoms with Gasteiger partial charge in [0.2, 0.25) is 0 Å². The number of nitrogens with one attached hydrogen (secondary N) is 2. The predicted molar refractivity (Wildman–Crippen MR) is 145 cm³/mol. The molecule has 1 atom stereocenters. The van der Waals surface area contributed by atoms with Crippen molar-refractivity contribution in [3.63, 3.8) is 0 Å². The largest absolute Gasteiger partial charge is 0.489 e. The van der Waals surface area contributed by atoms with Gasteiger partial charge >= 0.3 is 0 Å². The van der Waals surface area contributed by atoms with E-state index in [-0.39, 0.29) is 11.5 Å². The Morgan fingerprint density at radius 2 is 2.05 bits per heavy atom. The quantitative estimate of drug-likeness (QED) is 0.347. The molecule has 1 aliphatic rings. The van der Waals surface area contributed by atoms with Gasteiger partial charge in [-0.15, -0.1) is 5.10 Å². The second kappa shape index (κ2) is 10.2. The molecule has 5 heterocycles. The Balaban J connectivity index is 1.54. The van der Waals surface area contributed by atoms with Crippen molar-refractivity contribution in [2.24, 2.45) is 0 Å². The van der Waals surface area contributed by atoms with Crippen LogP contribution in [0.1, 0.15) is 37.9 Å². The van der Waals surface area contributed by atoms with E-state index in [1.165, 1.54) is 0 Å². The van der Waals surface area contributed by atoms with Crippen molar-refractivity contribution in [1.82, 2.24) is 29.9 Å². The molecule has 0 bridgehead atoms. The van der Waals surface area contributed by atoms with Gasteiger partial charge in [-0.05, 0) is 43.0 Å². The number of anilines is 2. The van der Waals surface area contributed by atoms with Crippen LogP contribution in [0.2, 0.25) is 5.15 Å². The average molecular weight is 522 g/mol. The van der Waals surface area contributed by atoms with Crippen LogP contribution in [0, 0.1) is 13.8 Å². The van der Waals surface area contributed by atoms with E-state index in [9.17, 15) is 0 Å². The molecule has 0 saturated carbocycles. The van der Waals surface area contributed by atoms with E-state index in [1.807, 2.05) is 42.8 Å². The minimum atomic E-state index is -0.194. The average Bonchev–Trinajstić information content (AvgIpc) is 3.20. The number of rotatable bonds is 6. The molecule has 10 heteroatoms. The molecule has 0 radical (unpaired) electrons. The predicted octanol–water partition coefficient (Wildman–Crippen LogP) is 4.86. The highest BCUT2D eigenvalue weighted by Gasteiger charge is 2.26. The fourth-order valence-electron chi connectivity index (χ4n) is 4.61. The van der Waals surface area contributed by atoms with Gasteiger partial charge in [0.1, 0.15) is 35.3 Å². The van der Waals surface area contributed by atoms with Crippen LogP contribution in [0.3, 0.4) is 0 Å². The second-order valence-corrected chi connectivity index (χ2v) is 10.7. The van der Waals surface area contributed by atoms with Crippen molar-refractivity contribution in [3.05, 3.63) is 58.9 Å². The van der Waals surface area contributed by atoms with Gasteiger partial charge in [0.15, 0.2) is 5.82 Å². The lowest BCUT2D eigenvalue weighted by Crippen LogP contribution is -2.41. The highest BCUT2D eigenvalue weighted by molar-refractivity contribution is 6.29. The van der Waals surface area contributed by atoms with E-state index in [0.717, 1.165) is 52.6 Å². The van der Waals surface area contributed by atoms with Crippen LogP contribution < -0.4 is 15.4 Å². The molecular formula is C27H32ClN7O2. The minimum Gasteiger partial charge on any atom is -0.489 e. The molecule has 0 unspecified atom stereocenters. The van der Waals surface area contributed by atoms with Crippen molar-refractivity contribution >= 4 is 28.8 Å². The summed E-state index contributed by atoms with van der Waals surface area (Å²) in [7, 11) is 0. The molecule has 1 aliphatic heterocycles. The highest BCUT2D eigenvalue weighted by atomic mass is 35.5. The molecule has 0 spiro atoms. The van der Waals surface area contributed by atoms with Gasteiger partial charge in [-0.3, -0.25) is 0 Å². The number of aromatic nitrogens is 5. The third kappa shape index (κ3) is 5.69. The van der Waals surface area contributed by atoms with Crippen LogP contribution in [0.4, 0.5) is 11.6 Å². The number of nitrogens with zero attached hydrogens (tertiary/aromatic N) is 5.